The van der Waals surface area contributed by atoms with E-state index in [2.05, 4.69) is 105 Å². The second kappa shape index (κ2) is 8.66. The molecule has 2 aliphatic rings. The van der Waals surface area contributed by atoms with Gasteiger partial charge in [0.25, 0.3) is 0 Å². The summed E-state index contributed by atoms with van der Waals surface area (Å²) in [5, 5.41) is 3.44. The maximum atomic E-state index is 5.77. The van der Waals surface area contributed by atoms with Crippen LogP contribution in [0.3, 0.4) is 0 Å². The van der Waals surface area contributed by atoms with Crippen LogP contribution in [0.15, 0.2) is 71.1 Å². The van der Waals surface area contributed by atoms with Crippen LogP contribution in [0.2, 0.25) is 39.3 Å². The Morgan fingerprint density at radius 3 is 1.39 bits per heavy atom. The van der Waals surface area contributed by atoms with E-state index in [1.807, 2.05) is 0 Å². The summed E-state index contributed by atoms with van der Waals surface area (Å²) in [6.45, 7) is 19.0. The van der Waals surface area contributed by atoms with Gasteiger partial charge in [-0.1, -0.05) is 110 Å². The maximum absolute atomic E-state index is 5.77. The number of nitrogens with zero attached hydrogens (tertiary/aromatic N) is 1. The number of hydrogen-bond donors (Lipinski definition) is 0. The molecule has 1 aliphatic heterocycles. The molecule has 1 aliphatic carbocycles. The highest BCUT2D eigenvalue weighted by molar-refractivity contribution is 6.89. The van der Waals surface area contributed by atoms with Gasteiger partial charge in [0.1, 0.15) is 0 Å². The molecule has 0 unspecified atom stereocenters. The smallest absolute Gasteiger partial charge is 0.0757 e. The molecule has 0 aromatic heterocycles. The lowest BCUT2D eigenvalue weighted by Crippen LogP contribution is -2.51. The molecule has 4 heteroatoms. The average Bonchev–Trinajstić information content (AvgIpc) is 3.13. The summed E-state index contributed by atoms with van der Waals surface area (Å²) in [6.07, 6.45) is 0. The van der Waals surface area contributed by atoms with E-state index in [0.29, 0.717) is 6.04 Å². The van der Waals surface area contributed by atoms with Crippen molar-refractivity contribution in [2.75, 3.05) is 26.3 Å². The fraction of sp³-hybridized carbons (Fsp3) is 0.407. The minimum absolute atomic E-state index is 0.424. The standard InChI is InChI=1S/C27H37NOSi2/c1-30(2,3)26-23(21-13-9-7-10-14-21)24(22-15-11-8-12-16-22)27(31(4,5)6)25(26)28-17-19-29-20-18-28/h7-16,25H,17-20H2,1-6H3. The Morgan fingerprint density at radius 1 is 0.645 bits per heavy atom. The summed E-state index contributed by atoms with van der Waals surface area (Å²) in [5.41, 5.74) is 5.82. The summed E-state index contributed by atoms with van der Waals surface area (Å²) < 4.78 is 5.77. The second-order valence-electron chi connectivity index (χ2n) is 10.9. The highest BCUT2D eigenvalue weighted by Gasteiger charge is 2.47. The molecule has 0 bridgehead atoms. The first kappa shape index (κ1) is 22.5. The van der Waals surface area contributed by atoms with Crippen LogP contribution in [-0.2, 0) is 4.74 Å². The Bertz CT molecular complexity index is 902. The van der Waals surface area contributed by atoms with Crippen LogP contribution in [0.25, 0.3) is 11.1 Å². The molecular weight excluding hydrogens is 410 g/mol. The molecule has 0 saturated carbocycles. The Kier molecular flexibility index (Phi) is 6.28. The third-order valence-corrected chi connectivity index (χ3v) is 10.8. The predicted molar refractivity (Wildman–Crippen MR) is 140 cm³/mol. The first-order valence-corrected chi connectivity index (χ1v) is 18.6. The van der Waals surface area contributed by atoms with E-state index in [1.54, 1.807) is 10.4 Å². The van der Waals surface area contributed by atoms with Crippen LogP contribution in [0.1, 0.15) is 11.1 Å². The largest absolute Gasteiger partial charge is 0.379 e. The zero-order valence-corrected chi connectivity index (χ0v) is 22.0. The maximum Gasteiger partial charge on any atom is 0.0757 e. The van der Waals surface area contributed by atoms with Gasteiger partial charge in [0.2, 0.25) is 0 Å². The van der Waals surface area contributed by atoms with Crippen molar-refractivity contribution in [2.24, 2.45) is 0 Å². The Balaban J connectivity index is 2.08. The highest BCUT2D eigenvalue weighted by Crippen LogP contribution is 2.51. The van der Waals surface area contributed by atoms with E-state index in [0.717, 1.165) is 26.3 Å². The lowest BCUT2D eigenvalue weighted by Gasteiger charge is -2.42. The average molecular weight is 448 g/mol. The van der Waals surface area contributed by atoms with Crippen molar-refractivity contribution in [3.63, 3.8) is 0 Å². The topological polar surface area (TPSA) is 12.5 Å². The predicted octanol–water partition coefficient (Wildman–Crippen LogP) is 6.36. The molecule has 2 aromatic carbocycles. The van der Waals surface area contributed by atoms with E-state index < -0.39 is 16.1 Å². The van der Waals surface area contributed by atoms with Crippen LogP contribution in [0.4, 0.5) is 0 Å². The number of benzene rings is 2. The number of rotatable bonds is 5. The quantitative estimate of drug-likeness (QED) is 0.494. The number of allylic oxidation sites excluding steroid dienone is 2. The summed E-state index contributed by atoms with van der Waals surface area (Å²) in [4.78, 5) is 2.74. The molecular formula is C27H37NOSi2. The SMILES string of the molecule is C[Si](C)(C)C1=C(c2ccccc2)C(c2ccccc2)=C([Si](C)(C)C)C1N1CCOCC1. The van der Waals surface area contributed by atoms with Gasteiger partial charge in [-0.3, -0.25) is 4.90 Å². The van der Waals surface area contributed by atoms with Gasteiger partial charge >= 0.3 is 0 Å². The van der Waals surface area contributed by atoms with Crippen molar-refractivity contribution in [3.05, 3.63) is 82.2 Å². The van der Waals surface area contributed by atoms with Gasteiger partial charge < -0.3 is 4.74 Å². The van der Waals surface area contributed by atoms with Crippen molar-refractivity contribution in [1.82, 2.24) is 4.90 Å². The molecule has 1 heterocycles. The monoisotopic (exact) mass is 447 g/mol. The first-order valence-electron chi connectivity index (χ1n) is 11.6. The van der Waals surface area contributed by atoms with Crippen molar-refractivity contribution in [1.29, 1.82) is 0 Å². The van der Waals surface area contributed by atoms with Crippen molar-refractivity contribution >= 4 is 27.3 Å². The fourth-order valence-corrected chi connectivity index (χ4v) is 9.75. The zero-order valence-electron chi connectivity index (χ0n) is 20.0. The van der Waals surface area contributed by atoms with Gasteiger partial charge in [0.05, 0.1) is 29.4 Å². The lowest BCUT2D eigenvalue weighted by molar-refractivity contribution is 0.0318. The van der Waals surface area contributed by atoms with Crippen LogP contribution in [0, 0.1) is 0 Å². The minimum Gasteiger partial charge on any atom is -0.379 e. The van der Waals surface area contributed by atoms with Crippen LogP contribution in [-0.4, -0.2) is 53.4 Å². The summed E-state index contributed by atoms with van der Waals surface area (Å²) in [6, 6.07) is 22.8. The Hall–Kier alpha value is -1.73. The third-order valence-electron chi connectivity index (χ3n) is 6.49. The molecule has 1 fully saturated rings. The minimum atomic E-state index is -1.63. The second-order valence-corrected chi connectivity index (χ2v) is 20.9. The van der Waals surface area contributed by atoms with Gasteiger partial charge in [0, 0.05) is 19.1 Å². The number of hydrogen-bond acceptors (Lipinski definition) is 2. The van der Waals surface area contributed by atoms with Gasteiger partial charge in [-0.05, 0) is 22.3 Å². The van der Waals surface area contributed by atoms with E-state index in [9.17, 15) is 0 Å². The third kappa shape index (κ3) is 4.44. The molecule has 2 nitrogen and oxygen atoms in total. The summed E-state index contributed by atoms with van der Waals surface area (Å²) in [5.74, 6) is 0. The molecule has 1 saturated heterocycles. The van der Waals surface area contributed by atoms with Crippen LogP contribution >= 0.6 is 0 Å². The fourth-order valence-electron chi connectivity index (χ4n) is 5.27. The zero-order chi connectivity index (χ0) is 22.2. The van der Waals surface area contributed by atoms with Crippen molar-refractivity contribution < 1.29 is 4.74 Å². The van der Waals surface area contributed by atoms with Gasteiger partial charge in [-0.2, -0.15) is 0 Å². The molecule has 2 aromatic rings. The van der Waals surface area contributed by atoms with Gasteiger partial charge in [-0.15, -0.1) is 0 Å². The molecule has 164 valence electrons. The Labute approximate surface area is 190 Å². The molecule has 31 heavy (non-hydrogen) atoms. The van der Waals surface area contributed by atoms with E-state index in [4.69, 9.17) is 4.74 Å². The molecule has 0 atom stereocenters. The number of morpholine rings is 1. The molecule has 0 radical (unpaired) electrons. The highest BCUT2D eigenvalue weighted by atomic mass is 28.3. The van der Waals surface area contributed by atoms with Gasteiger partial charge in [0.15, 0.2) is 0 Å². The van der Waals surface area contributed by atoms with E-state index >= 15 is 0 Å². The van der Waals surface area contributed by atoms with E-state index in [-0.39, 0.29) is 0 Å². The van der Waals surface area contributed by atoms with Crippen LogP contribution < -0.4 is 0 Å². The Morgan fingerprint density at radius 2 is 1.03 bits per heavy atom. The van der Waals surface area contributed by atoms with Crippen molar-refractivity contribution in [3.8, 4) is 0 Å². The molecule has 4 rings (SSSR count). The summed E-state index contributed by atoms with van der Waals surface area (Å²) >= 11 is 0. The van der Waals surface area contributed by atoms with E-state index in [1.165, 1.54) is 22.3 Å². The summed E-state index contributed by atoms with van der Waals surface area (Å²) in [7, 11) is -3.27. The van der Waals surface area contributed by atoms with Crippen molar-refractivity contribution in [2.45, 2.75) is 45.3 Å². The van der Waals surface area contributed by atoms with Gasteiger partial charge in [-0.25, -0.2) is 0 Å². The van der Waals surface area contributed by atoms with Crippen LogP contribution in [0.5, 0.6) is 0 Å². The molecule has 0 amide bonds. The first-order chi connectivity index (χ1) is 14.7. The number of ether oxygens (including phenoxy) is 1. The lowest BCUT2D eigenvalue weighted by atomic mass is 9.95. The normalized spacial score (nSPS) is 19.4. The molecule has 0 spiro atoms. The molecule has 0 N–H and O–H groups in total.